The Bertz CT molecular complexity index is 629. The summed E-state index contributed by atoms with van der Waals surface area (Å²) in [6.07, 6.45) is 0.328. The number of nitrogens with zero attached hydrogens (tertiary/aromatic N) is 1. The van der Waals surface area contributed by atoms with Crippen molar-refractivity contribution in [3.8, 4) is 17.2 Å². The highest BCUT2D eigenvalue weighted by Gasteiger charge is 2.05. The fourth-order valence-corrected chi connectivity index (χ4v) is 2.24. The van der Waals surface area contributed by atoms with Crippen molar-refractivity contribution in [2.24, 2.45) is 0 Å². The molecular weight excluding hydrogens is 289 g/mol. The average molecular weight is 297 g/mol. The number of hydrogen-bond acceptors (Lipinski definition) is 1. The predicted molar refractivity (Wildman–Crippen MR) is 76.2 cm³/mol. The second-order valence-electron chi connectivity index (χ2n) is 3.81. The van der Waals surface area contributed by atoms with Gasteiger partial charge < -0.3 is 0 Å². The second-order valence-corrected chi connectivity index (χ2v) is 5.06. The maximum Gasteiger partial charge on any atom is 0.0669 e. The van der Waals surface area contributed by atoms with E-state index in [1.165, 1.54) is 0 Å². The van der Waals surface area contributed by atoms with Gasteiger partial charge in [-0.1, -0.05) is 46.9 Å². The number of hydrogen-bond donors (Lipinski definition) is 0. The minimum atomic E-state index is 0.328. The van der Waals surface area contributed by atoms with E-state index in [1.807, 2.05) is 18.2 Å². The van der Waals surface area contributed by atoms with E-state index in [-0.39, 0.29) is 0 Å². The minimum Gasteiger partial charge on any atom is -0.198 e. The van der Waals surface area contributed by atoms with Crippen LogP contribution in [0.5, 0.6) is 0 Å². The monoisotopic (exact) mass is 295 g/mol. The molecular formula is C14H8Cl3N. The Hall–Kier alpha value is -1.20. The largest absolute Gasteiger partial charge is 0.198 e. The zero-order valence-electron chi connectivity index (χ0n) is 9.25. The molecule has 0 fully saturated rings. The zero-order chi connectivity index (χ0) is 13.1. The highest BCUT2D eigenvalue weighted by Crippen LogP contribution is 2.30. The number of benzene rings is 2. The van der Waals surface area contributed by atoms with Gasteiger partial charge in [-0.3, -0.25) is 0 Å². The van der Waals surface area contributed by atoms with Crippen molar-refractivity contribution >= 4 is 34.8 Å². The molecule has 0 atom stereocenters. The van der Waals surface area contributed by atoms with E-state index >= 15 is 0 Å². The SMILES string of the molecule is N#CCc1cc(Cl)cc(-c2ccc(Cl)c(Cl)c2)c1. The van der Waals surface area contributed by atoms with E-state index in [1.54, 1.807) is 18.2 Å². The molecule has 2 rings (SSSR count). The van der Waals surface area contributed by atoms with E-state index in [0.29, 0.717) is 21.5 Å². The second kappa shape index (κ2) is 5.63. The molecule has 0 unspecified atom stereocenters. The van der Waals surface area contributed by atoms with Crippen molar-refractivity contribution < 1.29 is 0 Å². The van der Waals surface area contributed by atoms with Crippen LogP contribution in [-0.4, -0.2) is 0 Å². The molecule has 0 spiro atoms. The Labute approximate surface area is 121 Å². The highest BCUT2D eigenvalue weighted by atomic mass is 35.5. The van der Waals surface area contributed by atoms with Crippen LogP contribution >= 0.6 is 34.8 Å². The molecule has 2 aromatic rings. The van der Waals surface area contributed by atoms with Crippen molar-refractivity contribution in [1.29, 1.82) is 5.26 Å². The molecule has 0 saturated heterocycles. The molecule has 0 radical (unpaired) electrons. The van der Waals surface area contributed by atoms with E-state index in [0.717, 1.165) is 16.7 Å². The first-order chi connectivity index (χ1) is 8.60. The van der Waals surface area contributed by atoms with Gasteiger partial charge in [0.25, 0.3) is 0 Å². The van der Waals surface area contributed by atoms with Crippen molar-refractivity contribution in [2.45, 2.75) is 6.42 Å². The lowest BCUT2D eigenvalue weighted by molar-refractivity contribution is 1.26. The quantitative estimate of drug-likeness (QED) is 0.730. The fourth-order valence-electron chi connectivity index (χ4n) is 1.69. The maximum absolute atomic E-state index is 8.72. The maximum atomic E-state index is 8.72. The summed E-state index contributed by atoms with van der Waals surface area (Å²) < 4.78 is 0. The summed E-state index contributed by atoms with van der Waals surface area (Å²) in [7, 11) is 0. The van der Waals surface area contributed by atoms with E-state index in [4.69, 9.17) is 40.1 Å². The molecule has 0 N–H and O–H groups in total. The van der Waals surface area contributed by atoms with Crippen LogP contribution in [0, 0.1) is 11.3 Å². The Morgan fingerprint density at radius 1 is 0.889 bits per heavy atom. The van der Waals surface area contributed by atoms with E-state index in [2.05, 4.69) is 6.07 Å². The molecule has 90 valence electrons. The van der Waals surface area contributed by atoms with Crippen LogP contribution in [-0.2, 0) is 6.42 Å². The summed E-state index contributed by atoms with van der Waals surface area (Å²) in [5.74, 6) is 0. The van der Waals surface area contributed by atoms with Crippen LogP contribution in [0.4, 0.5) is 0 Å². The summed E-state index contributed by atoms with van der Waals surface area (Å²) in [5.41, 5.74) is 2.73. The molecule has 0 aliphatic heterocycles. The van der Waals surface area contributed by atoms with Gasteiger partial charge in [0.2, 0.25) is 0 Å². The minimum absolute atomic E-state index is 0.328. The van der Waals surface area contributed by atoms with Crippen LogP contribution in [0.1, 0.15) is 5.56 Å². The summed E-state index contributed by atoms with van der Waals surface area (Å²) in [4.78, 5) is 0. The van der Waals surface area contributed by atoms with E-state index in [9.17, 15) is 0 Å². The van der Waals surface area contributed by atoms with Crippen molar-refractivity contribution in [3.63, 3.8) is 0 Å². The molecule has 0 saturated carbocycles. The van der Waals surface area contributed by atoms with Crippen LogP contribution in [0.15, 0.2) is 36.4 Å². The molecule has 4 heteroatoms. The molecule has 0 heterocycles. The Kier molecular flexibility index (Phi) is 4.14. The smallest absolute Gasteiger partial charge is 0.0669 e. The van der Waals surface area contributed by atoms with Crippen LogP contribution < -0.4 is 0 Å². The lowest BCUT2D eigenvalue weighted by atomic mass is 10.0. The van der Waals surface area contributed by atoms with Crippen LogP contribution in [0.3, 0.4) is 0 Å². The van der Waals surface area contributed by atoms with Gasteiger partial charge >= 0.3 is 0 Å². The summed E-state index contributed by atoms with van der Waals surface area (Å²) >= 11 is 17.9. The first-order valence-electron chi connectivity index (χ1n) is 5.22. The van der Waals surface area contributed by atoms with Crippen molar-refractivity contribution in [1.82, 2.24) is 0 Å². The van der Waals surface area contributed by atoms with Crippen LogP contribution in [0.2, 0.25) is 15.1 Å². The Morgan fingerprint density at radius 2 is 1.67 bits per heavy atom. The third kappa shape index (κ3) is 2.97. The molecule has 1 nitrogen and oxygen atoms in total. The third-order valence-electron chi connectivity index (χ3n) is 2.49. The van der Waals surface area contributed by atoms with Gasteiger partial charge in [-0.05, 0) is 41.0 Å². The van der Waals surface area contributed by atoms with E-state index < -0.39 is 0 Å². The first kappa shape index (κ1) is 13.2. The van der Waals surface area contributed by atoms with Gasteiger partial charge in [0.05, 0.1) is 22.5 Å². The average Bonchev–Trinajstić information content (AvgIpc) is 2.32. The molecule has 0 bridgehead atoms. The third-order valence-corrected chi connectivity index (χ3v) is 3.45. The van der Waals surface area contributed by atoms with Crippen molar-refractivity contribution in [3.05, 3.63) is 57.0 Å². The summed E-state index contributed by atoms with van der Waals surface area (Å²) in [6.45, 7) is 0. The number of halogens is 3. The molecule has 18 heavy (non-hydrogen) atoms. The molecule has 0 aromatic heterocycles. The fraction of sp³-hybridized carbons (Fsp3) is 0.0714. The van der Waals surface area contributed by atoms with Gasteiger partial charge in [-0.2, -0.15) is 5.26 Å². The summed E-state index contributed by atoms with van der Waals surface area (Å²) in [6, 6.07) is 13.0. The Morgan fingerprint density at radius 3 is 2.33 bits per heavy atom. The van der Waals surface area contributed by atoms with Crippen molar-refractivity contribution in [2.75, 3.05) is 0 Å². The number of nitriles is 1. The first-order valence-corrected chi connectivity index (χ1v) is 6.35. The number of rotatable bonds is 2. The molecule has 0 amide bonds. The molecule has 0 aliphatic carbocycles. The predicted octanol–water partition coefficient (Wildman–Crippen LogP) is 5.38. The lowest BCUT2D eigenvalue weighted by Crippen LogP contribution is -1.85. The van der Waals surface area contributed by atoms with Gasteiger partial charge in [0, 0.05) is 5.02 Å². The molecule has 0 aliphatic rings. The Balaban J connectivity index is 2.50. The van der Waals surface area contributed by atoms with Crippen LogP contribution in [0.25, 0.3) is 11.1 Å². The van der Waals surface area contributed by atoms with Gasteiger partial charge in [0.15, 0.2) is 0 Å². The lowest BCUT2D eigenvalue weighted by Gasteiger charge is -2.06. The standard InChI is InChI=1S/C14H8Cl3N/c15-12-6-9(3-4-18)5-11(7-12)10-1-2-13(16)14(17)8-10/h1-2,5-8H,3H2. The van der Waals surface area contributed by atoms with Gasteiger partial charge in [0.1, 0.15) is 0 Å². The zero-order valence-corrected chi connectivity index (χ0v) is 11.5. The topological polar surface area (TPSA) is 23.8 Å². The molecule has 2 aromatic carbocycles. The highest BCUT2D eigenvalue weighted by molar-refractivity contribution is 6.42. The van der Waals surface area contributed by atoms with Gasteiger partial charge in [-0.25, -0.2) is 0 Å². The van der Waals surface area contributed by atoms with Gasteiger partial charge in [-0.15, -0.1) is 0 Å². The normalized spacial score (nSPS) is 10.1. The summed E-state index contributed by atoms with van der Waals surface area (Å²) in [5, 5.41) is 10.3.